The summed E-state index contributed by atoms with van der Waals surface area (Å²) in [6.07, 6.45) is 0. The van der Waals surface area contributed by atoms with E-state index in [1.54, 1.807) is 72.8 Å². The summed E-state index contributed by atoms with van der Waals surface area (Å²) >= 11 is 5.84. The number of hydrogen-bond acceptors (Lipinski definition) is 5. The van der Waals surface area contributed by atoms with Gasteiger partial charge in [-0.2, -0.15) is 5.10 Å². The molecular weight excluding hydrogens is 384 g/mol. The fourth-order valence-corrected chi connectivity index (χ4v) is 3.69. The molecule has 0 aliphatic rings. The standard InChI is InChI=1S/C20H15ClN2O3S/c21-16-11-13-17(14-12-16)22-23-20(19(24)15-7-3-1-4-8-15)27(25,26)18-9-5-2-6-10-18/h1-14,22H/b23-20+. The van der Waals surface area contributed by atoms with Crippen LogP contribution < -0.4 is 5.43 Å². The van der Waals surface area contributed by atoms with E-state index < -0.39 is 20.7 Å². The van der Waals surface area contributed by atoms with Crippen molar-refractivity contribution >= 4 is 38.0 Å². The summed E-state index contributed by atoms with van der Waals surface area (Å²) in [4.78, 5) is 12.9. The van der Waals surface area contributed by atoms with Crippen LogP contribution in [-0.4, -0.2) is 19.2 Å². The highest BCUT2D eigenvalue weighted by Gasteiger charge is 2.30. The first-order valence-corrected chi connectivity index (χ1v) is 9.84. The zero-order chi connectivity index (χ0) is 19.3. The average Bonchev–Trinajstić information content (AvgIpc) is 2.70. The first-order valence-electron chi connectivity index (χ1n) is 7.97. The van der Waals surface area contributed by atoms with Gasteiger partial charge in [0.15, 0.2) is 0 Å². The van der Waals surface area contributed by atoms with Gasteiger partial charge in [-0.1, -0.05) is 60.1 Å². The molecule has 0 aliphatic carbocycles. The van der Waals surface area contributed by atoms with Crippen LogP contribution >= 0.6 is 11.6 Å². The van der Waals surface area contributed by atoms with Crippen LogP contribution in [0.1, 0.15) is 10.4 Å². The second-order valence-electron chi connectivity index (χ2n) is 5.55. The monoisotopic (exact) mass is 398 g/mol. The lowest BCUT2D eigenvalue weighted by atomic mass is 10.1. The summed E-state index contributed by atoms with van der Waals surface area (Å²) in [5.41, 5.74) is 3.36. The molecule has 0 amide bonds. The number of anilines is 1. The number of nitrogens with zero attached hydrogens (tertiary/aromatic N) is 1. The summed E-state index contributed by atoms with van der Waals surface area (Å²) in [7, 11) is -4.11. The van der Waals surface area contributed by atoms with Crippen molar-refractivity contribution < 1.29 is 13.2 Å². The van der Waals surface area contributed by atoms with Gasteiger partial charge in [-0.25, -0.2) is 8.42 Å². The second-order valence-corrected chi connectivity index (χ2v) is 7.85. The predicted molar refractivity (Wildman–Crippen MR) is 107 cm³/mol. The highest BCUT2D eigenvalue weighted by atomic mass is 35.5. The Morgan fingerprint density at radius 3 is 1.96 bits per heavy atom. The van der Waals surface area contributed by atoms with E-state index in [0.29, 0.717) is 10.7 Å². The van der Waals surface area contributed by atoms with Crippen LogP contribution in [0.5, 0.6) is 0 Å². The summed E-state index contributed by atoms with van der Waals surface area (Å²) in [5.74, 6) is -0.694. The summed E-state index contributed by atoms with van der Waals surface area (Å²) in [5, 5.41) is 3.88. The molecule has 1 N–H and O–H groups in total. The number of hydrogen-bond donors (Lipinski definition) is 1. The third-order valence-corrected chi connectivity index (χ3v) is 5.60. The van der Waals surface area contributed by atoms with Gasteiger partial charge in [-0.05, 0) is 36.4 Å². The first kappa shape index (κ1) is 18.8. The summed E-state index contributed by atoms with van der Waals surface area (Å²) in [6.45, 7) is 0. The molecule has 0 aromatic heterocycles. The topological polar surface area (TPSA) is 75.6 Å². The van der Waals surface area contributed by atoms with Crippen molar-refractivity contribution in [3.05, 3.63) is 95.5 Å². The van der Waals surface area contributed by atoms with Gasteiger partial charge in [0.05, 0.1) is 10.6 Å². The SMILES string of the molecule is O=C(/C(=N\Nc1ccc(Cl)cc1)S(=O)(=O)c1ccccc1)c1ccccc1. The summed E-state index contributed by atoms with van der Waals surface area (Å²) in [6, 6.07) is 22.4. The number of benzene rings is 3. The molecule has 0 unspecified atom stereocenters. The molecule has 0 bridgehead atoms. The molecule has 0 atom stereocenters. The van der Waals surface area contributed by atoms with Gasteiger partial charge in [0, 0.05) is 10.6 Å². The number of carbonyl (C=O) groups is 1. The molecule has 0 fully saturated rings. The minimum absolute atomic E-state index is 0.00839. The lowest BCUT2D eigenvalue weighted by Crippen LogP contribution is -2.26. The number of halogens is 1. The first-order chi connectivity index (χ1) is 13.0. The van der Waals surface area contributed by atoms with Crippen molar-refractivity contribution in [2.75, 3.05) is 5.43 Å². The van der Waals surface area contributed by atoms with Crippen molar-refractivity contribution in [1.82, 2.24) is 0 Å². The molecule has 3 aromatic rings. The molecule has 0 saturated carbocycles. The molecule has 7 heteroatoms. The summed E-state index contributed by atoms with van der Waals surface area (Å²) < 4.78 is 26.0. The molecule has 0 saturated heterocycles. The van der Waals surface area contributed by atoms with Gasteiger partial charge in [-0.3, -0.25) is 10.2 Å². The van der Waals surface area contributed by atoms with Crippen molar-refractivity contribution in [2.24, 2.45) is 5.10 Å². The lowest BCUT2D eigenvalue weighted by molar-refractivity contribution is 0.106. The maximum atomic E-state index is 13.0. The van der Waals surface area contributed by atoms with E-state index in [1.165, 1.54) is 12.1 Å². The fraction of sp³-hybridized carbons (Fsp3) is 0. The molecule has 3 rings (SSSR count). The van der Waals surface area contributed by atoms with Crippen LogP contribution in [0.15, 0.2) is 94.9 Å². The Hall–Kier alpha value is -2.96. The second kappa shape index (κ2) is 8.16. The van der Waals surface area contributed by atoms with E-state index in [0.717, 1.165) is 0 Å². The smallest absolute Gasteiger partial charge is 0.229 e. The number of sulfone groups is 1. The van der Waals surface area contributed by atoms with Crippen LogP contribution in [0.4, 0.5) is 5.69 Å². The number of Topliss-reactive ketones (excluding diaryl/α,β-unsaturated/α-hetero) is 1. The fourth-order valence-electron chi connectivity index (χ4n) is 2.30. The molecule has 0 aliphatic heterocycles. The van der Waals surface area contributed by atoms with Crippen LogP contribution in [0.25, 0.3) is 0 Å². The number of rotatable bonds is 5. The number of hydrazone groups is 1. The van der Waals surface area contributed by atoms with E-state index in [4.69, 9.17) is 11.6 Å². The molecule has 5 nitrogen and oxygen atoms in total. The van der Waals surface area contributed by atoms with Crippen molar-refractivity contribution in [3.8, 4) is 0 Å². The molecule has 3 aromatic carbocycles. The van der Waals surface area contributed by atoms with Crippen LogP contribution in [0, 0.1) is 0 Å². The van der Waals surface area contributed by atoms with Crippen LogP contribution in [-0.2, 0) is 9.84 Å². The molecule has 0 heterocycles. The Morgan fingerprint density at radius 2 is 1.37 bits per heavy atom. The Balaban J connectivity index is 2.04. The molecule has 27 heavy (non-hydrogen) atoms. The Labute approximate surface area is 162 Å². The average molecular weight is 399 g/mol. The zero-order valence-electron chi connectivity index (χ0n) is 14.0. The van der Waals surface area contributed by atoms with Gasteiger partial charge in [0.25, 0.3) is 0 Å². The van der Waals surface area contributed by atoms with E-state index in [1.807, 2.05) is 0 Å². The Morgan fingerprint density at radius 1 is 0.815 bits per heavy atom. The van der Waals surface area contributed by atoms with Crippen molar-refractivity contribution in [3.63, 3.8) is 0 Å². The normalized spacial score (nSPS) is 11.8. The van der Waals surface area contributed by atoms with E-state index in [9.17, 15) is 13.2 Å². The third kappa shape index (κ3) is 4.42. The minimum Gasteiger partial charge on any atom is -0.286 e. The largest absolute Gasteiger partial charge is 0.286 e. The van der Waals surface area contributed by atoms with Crippen LogP contribution in [0.2, 0.25) is 5.02 Å². The number of nitrogens with one attached hydrogen (secondary N) is 1. The zero-order valence-corrected chi connectivity index (χ0v) is 15.6. The quantitative estimate of drug-likeness (QED) is 0.298. The maximum Gasteiger partial charge on any atom is 0.229 e. The van der Waals surface area contributed by atoms with Crippen LogP contribution in [0.3, 0.4) is 0 Å². The van der Waals surface area contributed by atoms with E-state index >= 15 is 0 Å². The highest BCUT2D eigenvalue weighted by Crippen LogP contribution is 2.18. The van der Waals surface area contributed by atoms with E-state index in [-0.39, 0.29) is 10.5 Å². The van der Waals surface area contributed by atoms with Crippen molar-refractivity contribution in [1.29, 1.82) is 0 Å². The molecule has 136 valence electrons. The van der Waals surface area contributed by atoms with Gasteiger partial charge in [0.1, 0.15) is 0 Å². The lowest BCUT2D eigenvalue weighted by Gasteiger charge is -2.09. The molecule has 0 radical (unpaired) electrons. The number of carbonyl (C=O) groups excluding carboxylic acids is 1. The molecular formula is C20H15ClN2O3S. The van der Waals surface area contributed by atoms with Gasteiger partial charge in [0.2, 0.25) is 20.7 Å². The van der Waals surface area contributed by atoms with Gasteiger partial charge in [-0.15, -0.1) is 0 Å². The number of ketones is 1. The highest BCUT2D eigenvalue weighted by molar-refractivity contribution is 8.08. The maximum absolute atomic E-state index is 13.0. The predicted octanol–water partition coefficient (Wildman–Crippen LogP) is 4.42. The van der Waals surface area contributed by atoms with Gasteiger partial charge >= 0.3 is 0 Å². The third-order valence-electron chi connectivity index (χ3n) is 3.67. The van der Waals surface area contributed by atoms with E-state index in [2.05, 4.69) is 10.5 Å². The Kier molecular flexibility index (Phi) is 5.69. The Bertz CT molecular complexity index is 1070. The van der Waals surface area contributed by atoms with Crippen molar-refractivity contribution in [2.45, 2.75) is 4.90 Å². The minimum atomic E-state index is -4.11. The molecule has 0 spiro atoms. The van der Waals surface area contributed by atoms with Gasteiger partial charge < -0.3 is 0 Å².